The molecule has 1 aliphatic carbocycles. The first-order valence-electron chi connectivity index (χ1n) is 7.68. The number of piperidine rings is 1. The Morgan fingerprint density at radius 1 is 1.25 bits per heavy atom. The van der Waals surface area contributed by atoms with Crippen LogP contribution in [0.25, 0.3) is 11.0 Å². The molecule has 4 rings (SSSR count). The molecule has 1 aromatic carbocycles. The van der Waals surface area contributed by atoms with E-state index in [1.54, 1.807) is 0 Å². The van der Waals surface area contributed by atoms with Crippen molar-refractivity contribution in [3.8, 4) is 0 Å². The van der Waals surface area contributed by atoms with Gasteiger partial charge in [0, 0.05) is 24.2 Å². The highest BCUT2D eigenvalue weighted by Crippen LogP contribution is 2.42. The van der Waals surface area contributed by atoms with E-state index in [1.807, 2.05) is 12.1 Å². The monoisotopic (exact) mass is 270 g/mol. The molecule has 20 heavy (non-hydrogen) atoms. The first-order chi connectivity index (χ1) is 9.72. The highest BCUT2D eigenvalue weighted by Gasteiger charge is 2.32. The van der Waals surface area contributed by atoms with Gasteiger partial charge in [-0.3, -0.25) is 0 Å². The van der Waals surface area contributed by atoms with E-state index in [0.717, 1.165) is 17.7 Å². The summed E-state index contributed by atoms with van der Waals surface area (Å²) in [4.78, 5) is 7.34. The van der Waals surface area contributed by atoms with Crippen LogP contribution in [0.5, 0.6) is 0 Å². The summed E-state index contributed by atoms with van der Waals surface area (Å²) in [5.74, 6) is 1.97. The van der Waals surface area contributed by atoms with Gasteiger partial charge in [0.1, 0.15) is 5.82 Å². The number of nitrogens with zero attached hydrogens (tertiary/aromatic N) is 3. The van der Waals surface area contributed by atoms with Crippen molar-refractivity contribution in [1.82, 2.24) is 14.5 Å². The fourth-order valence-electron chi connectivity index (χ4n) is 3.50. The molecular formula is C16H22N4. The predicted molar refractivity (Wildman–Crippen MR) is 81.9 cm³/mol. The van der Waals surface area contributed by atoms with Crippen molar-refractivity contribution in [3.63, 3.8) is 0 Å². The zero-order valence-electron chi connectivity index (χ0n) is 12.0. The van der Waals surface area contributed by atoms with Crippen molar-refractivity contribution in [3.05, 3.63) is 24.0 Å². The fourth-order valence-corrected chi connectivity index (χ4v) is 3.50. The molecule has 2 aliphatic rings. The topological polar surface area (TPSA) is 47.1 Å². The second kappa shape index (κ2) is 4.48. The number of hydrogen-bond acceptors (Lipinski definition) is 3. The molecule has 1 unspecified atom stereocenters. The van der Waals surface area contributed by atoms with Crippen molar-refractivity contribution < 1.29 is 0 Å². The van der Waals surface area contributed by atoms with E-state index in [1.165, 1.54) is 43.6 Å². The number of anilines is 1. The van der Waals surface area contributed by atoms with Crippen LogP contribution in [-0.4, -0.2) is 34.6 Å². The van der Waals surface area contributed by atoms with Gasteiger partial charge in [-0.25, -0.2) is 4.98 Å². The van der Waals surface area contributed by atoms with Crippen LogP contribution in [0.15, 0.2) is 18.2 Å². The van der Waals surface area contributed by atoms with E-state index in [2.05, 4.69) is 22.6 Å². The predicted octanol–water partition coefficient (Wildman–Crippen LogP) is 2.76. The van der Waals surface area contributed by atoms with Crippen LogP contribution in [0, 0.1) is 0 Å². The number of benzene rings is 1. The highest BCUT2D eigenvalue weighted by atomic mass is 15.2. The van der Waals surface area contributed by atoms with Crippen LogP contribution in [0.4, 0.5) is 5.69 Å². The van der Waals surface area contributed by atoms with Gasteiger partial charge in [-0.1, -0.05) is 0 Å². The van der Waals surface area contributed by atoms with Crippen LogP contribution in [-0.2, 0) is 0 Å². The van der Waals surface area contributed by atoms with Gasteiger partial charge < -0.3 is 15.2 Å². The molecule has 1 saturated heterocycles. The van der Waals surface area contributed by atoms with Crippen LogP contribution in [0.2, 0.25) is 0 Å². The van der Waals surface area contributed by atoms with Gasteiger partial charge in [-0.15, -0.1) is 0 Å². The maximum atomic E-state index is 5.92. The zero-order valence-corrected chi connectivity index (χ0v) is 12.0. The lowest BCUT2D eigenvalue weighted by molar-refractivity contribution is 0.212. The van der Waals surface area contributed by atoms with Gasteiger partial charge in [-0.05, 0) is 57.5 Å². The Bertz CT molecular complexity index is 641. The number of likely N-dealkylation sites (tertiary alicyclic amines) is 1. The second-order valence-corrected chi connectivity index (χ2v) is 6.42. The van der Waals surface area contributed by atoms with Gasteiger partial charge in [0.05, 0.1) is 11.0 Å². The van der Waals surface area contributed by atoms with Crippen LogP contribution in [0.3, 0.4) is 0 Å². The lowest BCUT2D eigenvalue weighted by atomic mass is 10.1. The molecule has 4 heteroatoms. The molecule has 1 aromatic heterocycles. The second-order valence-electron chi connectivity index (χ2n) is 6.42. The normalized spacial score (nSPS) is 24.4. The van der Waals surface area contributed by atoms with Gasteiger partial charge in [-0.2, -0.15) is 0 Å². The maximum Gasteiger partial charge on any atom is 0.113 e. The Balaban J connectivity index is 1.84. The fraction of sp³-hybridized carbons (Fsp3) is 0.562. The van der Waals surface area contributed by atoms with Crippen molar-refractivity contribution in [2.45, 2.75) is 37.6 Å². The molecule has 2 heterocycles. The van der Waals surface area contributed by atoms with E-state index in [9.17, 15) is 0 Å². The molecule has 0 amide bonds. The largest absolute Gasteiger partial charge is 0.399 e. The average Bonchev–Trinajstić information content (AvgIpc) is 3.20. The number of aromatic nitrogens is 2. The lowest BCUT2D eigenvalue weighted by Gasteiger charge is -2.32. The van der Waals surface area contributed by atoms with Gasteiger partial charge in [0.25, 0.3) is 0 Å². The summed E-state index contributed by atoms with van der Waals surface area (Å²) in [7, 11) is 2.22. The SMILES string of the molecule is CN1CCCC(n2c(C3CC3)nc3cc(N)ccc32)C1. The van der Waals surface area contributed by atoms with Crippen LogP contribution in [0.1, 0.15) is 43.5 Å². The van der Waals surface area contributed by atoms with Gasteiger partial charge >= 0.3 is 0 Å². The quantitative estimate of drug-likeness (QED) is 0.854. The third-order valence-corrected chi connectivity index (χ3v) is 4.65. The standard InChI is InChI=1S/C16H22N4/c1-19-8-2-3-13(10-19)20-15-7-6-12(17)9-14(15)18-16(20)11-4-5-11/h6-7,9,11,13H,2-5,8,10,17H2,1H3. The molecule has 2 N–H and O–H groups in total. The van der Waals surface area contributed by atoms with Crippen molar-refractivity contribution in [2.24, 2.45) is 0 Å². The Morgan fingerprint density at radius 2 is 2.10 bits per heavy atom. The minimum absolute atomic E-state index is 0.568. The van der Waals surface area contributed by atoms with E-state index in [-0.39, 0.29) is 0 Å². The summed E-state index contributed by atoms with van der Waals surface area (Å²) >= 11 is 0. The molecule has 106 valence electrons. The number of hydrogen-bond donors (Lipinski definition) is 1. The Hall–Kier alpha value is -1.55. The molecule has 0 bridgehead atoms. The summed E-state index contributed by atoms with van der Waals surface area (Å²) in [5, 5.41) is 0. The Kier molecular flexibility index (Phi) is 2.74. The zero-order chi connectivity index (χ0) is 13.7. The van der Waals surface area contributed by atoms with Gasteiger partial charge in [0.2, 0.25) is 0 Å². The molecule has 1 saturated carbocycles. The van der Waals surface area contributed by atoms with E-state index in [4.69, 9.17) is 10.7 Å². The maximum absolute atomic E-state index is 5.92. The summed E-state index contributed by atoms with van der Waals surface area (Å²) < 4.78 is 2.52. The first kappa shape index (κ1) is 12.2. The molecule has 1 atom stereocenters. The van der Waals surface area contributed by atoms with E-state index >= 15 is 0 Å². The van der Waals surface area contributed by atoms with Crippen LogP contribution < -0.4 is 5.73 Å². The minimum atomic E-state index is 0.568. The number of fused-ring (bicyclic) bond motifs is 1. The smallest absolute Gasteiger partial charge is 0.113 e. The van der Waals surface area contributed by atoms with Crippen molar-refractivity contribution in [2.75, 3.05) is 25.9 Å². The summed E-state index contributed by atoms with van der Waals surface area (Å²) in [5.41, 5.74) is 9.06. The van der Waals surface area contributed by atoms with E-state index < -0.39 is 0 Å². The van der Waals surface area contributed by atoms with Crippen LogP contribution >= 0.6 is 0 Å². The number of nitrogens with two attached hydrogens (primary N) is 1. The third-order valence-electron chi connectivity index (χ3n) is 4.65. The molecule has 2 aromatic rings. The number of imidazole rings is 1. The van der Waals surface area contributed by atoms with Crippen molar-refractivity contribution >= 4 is 16.7 Å². The summed E-state index contributed by atoms with van der Waals surface area (Å²) in [6.45, 7) is 2.35. The Labute approximate surface area is 119 Å². The molecular weight excluding hydrogens is 248 g/mol. The van der Waals surface area contributed by atoms with Crippen molar-refractivity contribution in [1.29, 1.82) is 0 Å². The summed E-state index contributed by atoms with van der Waals surface area (Å²) in [6.07, 6.45) is 5.13. The number of nitrogen functional groups attached to an aromatic ring is 1. The first-order valence-corrected chi connectivity index (χ1v) is 7.68. The summed E-state index contributed by atoms with van der Waals surface area (Å²) in [6, 6.07) is 6.74. The van der Waals surface area contributed by atoms with Gasteiger partial charge in [0.15, 0.2) is 0 Å². The third kappa shape index (κ3) is 1.99. The Morgan fingerprint density at radius 3 is 2.85 bits per heavy atom. The molecule has 0 spiro atoms. The molecule has 0 radical (unpaired) electrons. The molecule has 1 aliphatic heterocycles. The number of likely N-dealkylation sites (N-methyl/N-ethyl adjacent to an activating group) is 1. The molecule has 4 nitrogen and oxygen atoms in total. The average molecular weight is 270 g/mol. The lowest BCUT2D eigenvalue weighted by Crippen LogP contribution is -2.34. The number of rotatable bonds is 2. The minimum Gasteiger partial charge on any atom is -0.399 e. The highest BCUT2D eigenvalue weighted by molar-refractivity contribution is 5.80. The molecule has 2 fully saturated rings. The van der Waals surface area contributed by atoms with E-state index in [0.29, 0.717) is 12.0 Å².